The van der Waals surface area contributed by atoms with Crippen LogP contribution in [0.15, 0.2) is 17.0 Å². The summed E-state index contributed by atoms with van der Waals surface area (Å²) in [6.07, 6.45) is -0.870. The number of halogens is 1. The molecule has 1 aromatic carbocycles. The van der Waals surface area contributed by atoms with Gasteiger partial charge < -0.3 is 5.11 Å². The first-order chi connectivity index (χ1) is 8.65. The lowest BCUT2D eigenvalue weighted by molar-refractivity contribution is -0.385. The SMILES string of the molecule is Cc1c(Cl)cc(S(=O)(=O)NCC(C)O)cc1[N+](=O)[O-]. The van der Waals surface area contributed by atoms with E-state index in [4.69, 9.17) is 16.7 Å². The van der Waals surface area contributed by atoms with Crippen LogP contribution < -0.4 is 4.72 Å². The molecule has 1 aromatic rings. The van der Waals surface area contributed by atoms with E-state index in [-0.39, 0.29) is 27.7 Å². The molecule has 0 aliphatic heterocycles. The van der Waals surface area contributed by atoms with Gasteiger partial charge in [0.05, 0.1) is 20.9 Å². The fourth-order valence-electron chi connectivity index (χ4n) is 1.30. The third-order valence-electron chi connectivity index (χ3n) is 2.37. The van der Waals surface area contributed by atoms with Gasteiger partial charge in [0.15, 0.2) is 0 Å². The normalized spacial score (nSPS) is 13.3. The van der Waals surface area contributed by atoms with Crippen molar-refractivity contribution in [3.05, 3.63) is 32.8 Å². The van der Waals surface area contributed by atoms with Crippen LogP contribution in [0.4, 0.5) is 5.69 Å². The van der Waals surface area contributed by atoms with E-state index >= 15 is 0 Å². The quantitative estimate of drug-likeness (QED) is 0.627. The highest BCUT2D eigenvalue weighted by Crippen LogP contribution is 2.29. The Balaban J connectivity index is 3.25. The van der Waals surface area contributed by atoms with Crippen LogP contribution in [-0.2, 0) is 10.0 Å². The summed E-state index contributed by atoms with van der Waals surface area (Å²) < 4.78 is 25.9. The van der Waals surface area contributed by atoms with Crippen LogP contribution in [0, 0.1) is 17.0 Å². The maximum Gasteiger partial charge on any atom is 0.275 e. The lowest BCUT2D eigenvalue weighted by Crippen LogP contribution is -2.30. The van der Waals surface area contributed by atoms with Gasteiger partial charge in [-0.2, -0.15) is 0 Å². The molecular formula is C10H13ClN2O5S. The lowest BCUT2D eigenvalue weighted by atomic mass is 10.2. The molecular weight excluding hydrogens is 296 g/mol. The van der Waals surface area contributed by atoms with E-state index in [1.165, 1.54) is 13.8 Å². The van der Waals surface area contributed by atoms with Crippen molar-refractivity contribution in [3.63, 3.8) is 0 Å². The molecule has 0 aliphatic carbocycles. The molecule has 1 unspecified atom stereocenters. The molecule has 2 N–H and O–H groups in total. The Morgan fingerprint density at radius 1 is 1.53 bits per heavy atom. The molecule has 0 amide bonds. The molecule has 7 nitrogen and oxygen atoms in total. The third-order valence-corrected chi connectivity index (χ3v) is 4.16. The van der Waals surface area contributed by atoms with Crippen molar-refractivity contribution in [2.75, 3.05) is 6.54 Å². The zero-order chi connectivity index (χ0) is 14.8. The molecule has 0 fully saturated rings. The summed E-state index contributed by atoms with van der Waals surface area (Å²) in [6.45, 7) is 2.65. The summed E-state index contributed by atoms with van der Waals surface area (Å²) in [7, 11) is -3.95. The van der Waals surface area contributed by atoms with Crippen molar-refractivity contribution >= 4 is 27.3 Å². The molecule has 0 radical (unpaired) electrons. The Morgan fingerprint density at radius 2 is 2.11 bits per heavy atom. The largest absolute Gasteiger partial charge is 0.392 e. The number of hydrogen-bond acceptors (Lipinski definition) is 5. The topological polar surface area (TPSA) is 110 Å². The molecule has 106 valence electrons. The number of nitrogens with zero attached hydrogens (tertiary/aromatic N) is 1. The van der Waals surface area contributed by atoms with Gasteiger partial charge >= 0.3 is 0 Å². The van der Waals surface area contributed by atoms with Gasteiger partial charge in [0.1, 0.15) is 0 Å². The second-order valence-electron chi connectivity index (χ2n) is 4.01. The second kappa shape index (κ2) is 5.83. The fraction of sp³-hybridized carbons (Fsp3) is 0.400. The van der Waals surface area contributed by atoms with Gasteiger partial charge in [-0.1, -0.05) is 11.6 Å². The Morgan fingerprint density at radius 3 is 2.58 bits per heavy atom. The van der Waals surface area contributed by atoms with Crippen molar-refractivity contribution in [1.82, 2.24) is 4.72 Å². The standard InChI is InChI=1S/C10H13ClN2O5S/c1-6(14)5-12-19(17,18)8-3-9(11)7(2)10(4-8)13(15)16/h3-4,6,12,14H,5H2,1-2H3. The molecule has 0 aliphatic rings. The molecule has 0 saturated heterocycles. The average Bonchev–Trinajstić information content (AvgIpc) is 2.29. The summed E-state index contributed by atoms with van der Waals surface area (Å²) in [6, 6.07) is 2.07. The maximum absolute atomic E-state index is 11.9. The summed E-state index contributed by atoms with van der Waals surface area (Å²) in [5.74, 6) is 0. The van der Waals surface area contributed by atoms with Gasteiger partial charge in [0.25, 0.3) is 5.69 Å². The number of sulfonamides is 1. The highest BCUT2D eigenvalue weighted by atomic mass is 35.5. The molecule has 0 heterocycles. The first kappa shape index (κ1) is 15.8. The van der Waals surface area contributed by atoms with Gasteiger partial charge in [-0.05, 0) is 19.9 Å². The predicted octanol–water partition coefficient (Wildman–Crippen LogP) is 1.22. The highest BCUT2D eigenvalue weighted by Gasteiger charge is 2.22. The monoisotopic (exact) mass is 308 g/mol. The lowest BCUT2D eigenvalue weighted by Gasteiger charge is -2.09. The van der Waals surface area contributed by atoms with E-state index in [0.29, 0.717) is 0 Å². The smallest absolute Gasteiger partial charge is 0.275 e. The zero-order valence-electron chi connectivity index (χ0n) is 10.3. The van der Waals surface area contributed by atoms with Gasteiger partial charge in [-0.15, -0.1) is 0 Å². The number of nitro benzene ring substituents is 1. The first-order valence-electron chi connectivity index (χ1n) is 5.27. The van der Waals surface area contributed by atoms with E-state index < -0.39 is 21.1 Å². The molecule has 19 heavy (non-hydrogen) atoms. The van der Waals surface area contributed by atoms with Crippen molar-refractivity contribution in [2.45, 2.75) is 24.8 Å². The first-order valence-corrected chi connectivity index (χ1v) is 7.13. The minimum Gasteiger partial charge on any atom is -0.392 e. The number of aliphatic hydroxyl groups is 1. The highest BCUT2D eigenvalue weighted by molar-refractivity contribution is 7.89. The van der Waals surface area contributed by atoms with Gasteiger partial charge in [-0.3, -0.25) is 10.1 Å². The van der Waals surface area contributed by atoms with Crippen LogP contribution in [0.5, 0.6) is 0 Å². The Kier molecular flexibility index (Phi) is 4.86. The van der Waals surface area contributed by atoms with Crippen molar-refractivity contribution in [2.24, 2.45) is 0 Å². The van der Waals surface area contributed by atoms with Crippen LogP contribution in [0.2, 0.25) is 5.02 Å². The number of rotatable bonds is 5. The van der Waals surface area contributed by atoms with E-state index in [1.807, 2.05) is 0 Å². The van der Waals surface area contributed by atoms with Gasteiger partial charge in [0.2, 0.25) is 10.0 Å². The molecule has 1 atom stereocenters. The summed E-state index contributed by atoms with van der Waals surface area (Å²) in [4.78, 5) is 9.80. The van der Waals surface area contributed by atoms with E-state index in [0.717, 1.165) is 12.1 Å². The average molecular weight is 309 g/mol. The molecule has 1 rings (SSSR count). The zero-order valence-corrected chi connectivity index (χ0v) is 11.8. The predicted molar refractivity (Wildman–Crippen MR) is 69.7 cm³/mol. The van der Waals surface area contributed by atoms with Crippen LogP contribution in [0.1, 0.15) is 12.5 Å². The van der Waals surface area contributed by atoms with Crippen LogP contribution >= 0.6 is 11.6 Å². The maximum atomic E-state index is 11.9. The van der Waals surface area contributed by atoms with Crippen LogP contribution in [0.25, 0.3) is 0 Å². The van der Waals surface area contributed by atoms with Crippen molar-refractivity contribution in [3.8, 4) is 0 Å². The number of hydrogen-bond donors (Lipinski definition) is 2. The minimum atomic E-state index is -3.95. The van der Waals surface area contributed by atoms with E-state index in [1.54, 1.807) is 0 Å². The number of benzene rings is 1. The summed E-state index contributed by atoms with van der Waals surface area (Å²) in [5, 5.41) is 19.8. The third kappa shape index (κ3) is 3.87. The molecule has 0 spiro atoms. The Hall–Kier alpha value is -1.22. The van der Waals surface area contributed by atoms with Crippen LogP contribution in [0.3, 0.4) is 0 Å². The summed E-state index contributed by atoms with van der Waals surface area (Å²) in [5.41, 5.74) is -0.175. The fourth-order valence-corrected chi connectivity index (χ4v) is 2.74. The summed E-state index contributed by atoms with van der Waals surface area (Å²) >= 11 is 5.79. The molecule has 0 saturated carbocycles. The van der Waals surface area contributed by atoms with Crippen molar-refractivity contribution in [1.29, 1.82) is 0 Å². The number of aliphatic hydroxyl groups excluding tert-OH is 1. The van der Waals surface area contributed by atoms with Crippen molar-refractivity contribution < 1.29 is 18.4 Å². The number of nitrogens with one attached hydrogen (secondary N) is 1. The Bertz CT molecular complexity index is 600. The molecule has 9 heteroatoms. The van der Waals surface area contributed by atoms with Gasteiger partial charge in [0, 0.05) is 18.2 Å². The molecule has 0 bridgehead atoms. The Labute approximate surface area is 115 Å². The minimum absolute atomic E-state index is 0.00776. The number of nitro groups is 1. The van der Waals surface area contributed by atoms with E-state index in [2.05, 4.69) is 4.72 Å². The molecule has 0 aromatic heterocycles. The van der Waals surface area contributed by atoms with E-state index in [9.17, 15) is 18.5 Å². The van der Waals surface area contributed by atoms with Crippen LogP contribution in [-0.4, -0.2) is 31.1 Å². The van der Waals surface area contributed by atoms with Gasteiger partial charge in [-0.25, -0.2) is 13.1 Å². The second-order valence-corrected chi connectivity index (χ2v) is 6.18.